The van der Waals surface area contributed by atoms with Gasteiger partial charge < -0.3 is 0 Å². The van der Waals surface area contributed by atoms with Crippen molar-refractivity contribution in [2.24, 2.45) is 0 Å². The van der Waals surface area contributed by atoms with Crippen LogP contribution in [0.15, 0.2) is 54.7 Å². The van der Waals surface area contributed by atoms with E-state index in [1.165, 1.54) is 0 Å². The van der Waals surface area contributed by atoms with Crippen molar-refractivity contribution >= 4 is 16.7 Å². The Morgan fingerprint density at radius 1 is 1.05 bits per heavy atom. The van der Waals surface area contributed by atoms with Crippen LogP contribution in [0.25, 0.3) is 10.9 Å². The molecular weight excluding hydrogens is 236 g/mol. The molecule has 92 valence electrons. The largest absolute Gasteiger partial charge is 0.287 e. The molecule has 3 rings (SSSR count). The van der Waals surface area contributed by atoms with Gasteiger partial charge in [-0.2, -0.15) is 0 Å². The summed E-state index contributed by atoms with van der Waals surface area (Å²) in [6.45, 7) is 1.88. The fraction of sp³-hybridized carbons (Fsp3) is 0.0625. The number of pyridine rings is 2. The topological polar surface area (TPSA) is 42.9 Å². The zero-order valence-corrected chi connectivity index (χ0v) is 10.5. The summed E-state index contributed by atoms with van der Waals surface area (Å²) in [6, 6.07) is 14.8. The molecule has 0 spiro atoms. The predicted octanol–water partition coefficient (Wildman–Crippen LogP) is 3.17. The summed E-state index contributed by atoms with van der Waals surface area (Å²) >= 11 is 0. The van der Waals surface area contributed by atoms with Crippen molar-refractivity contribution in [3.8, 4) is 0 Å². The van der Waals surface area contributed by atoms with Gasteiger partial charge >= 0.3 is 0 Å². The number of hydrogen-bond donors (Lipinski definition) is 0. The van der Waals surface area contributed by atoms with E-state index in [2.05, 4.69) is 9.97 Å². The van der Waals surface area contributed by atoms with Crippen molar-refractivity contribution in [3.63, 3.8) is 0 Å². The van der Waals surface area contributed by atoms with E-state index >= 15 is 0 Å². The minimum Gasteiger partial charge on any atom is -0.287 e. The third-order valence-corrected chi connectivity index (χ3v) is 2.99. The van der Waals surface area contributed by atoms with E-state index in [0.717, 1.165) is 16.6 Å². The van der Waals surface area contributed by atoms with E-state index in [1.807, 2.05) is 43.3 Å². The molecule has 0 radical (unpaired) electrons. The predicted molar refractivity (Wildman–Crippen MR) is 74.1 cm³/mol. The van der Waals surface area contributed by atoms with E-state index in [0.29, 0.717) is 11.3 Å². The number of aryl methyl sites for hydroxylation is 1. The molecule has 0 aliphatic carbocycles. The highest BCUT2D eigenvalue weighted by molar-refractivity contribution is 6.09. The van der Waals surface area contributed by atoms with Crippen LogP contribution in [-0.4, -0.2) is 15.8 Å². The molecule has 1 aromatic carbocycles. The smallest absolute Gasteiger partial charge is 0.211 e. The van der Waals surface area contributed by atoms with E-state index in [-0.39, 0.29) is 5.78 Å². The maximum atomic E-state index is 12.4. The average molecular weight is 248 g/mol. The molecule has 19 heavy (non-hydrogen) atoms. The number of hydrogen-bond acceptors (Lipinski definition) is 3. The van der Waals surface area contributed by atoms with Gasteiger partial charge in [0, 0.05) is 22.8 Å². The van der Waals surface area contributed by atoms with Gasteiger partial charge in [-0.15, -0.1) is 0 Å². The molecule has 0 aliphatic rings. The second-order valence-electron chi connectivity index (χ2n) is 4.40. The average Bonchev–Trinajstić information content (AvgIpc) is 2.46. The molecule has 0 saturated heterocycles. The Hall–Kier alpha value is -2.55. The summed E-state index contributed by atoms with van der Waals surface area (Å²) in [7, 11) is 0. The molecule has 0 atom stereocenters. The van der Waals surface area contributed by atoms with Crippen molar-refractivity contribution in [1.82, 2.24) is 9.97 Å². The van der Waals surface area contributed by atoms with Gasteiger partial charge in [0.25, 0.3) is 0 Å². The SMILES string of the molecule is Cc1cccc(C(=O)c2ccc3ncccc3c2)n1. The fourth-order valence-electron chi connectivity index (χ4n) is 2.03. The molecule has 0 bridgehead atoms. The number of benzene rings is 1. The Morgan fingerprint density at radius 2 is 1.95 bits per heavy atom. The molecule has 2 aromatic heterocycles. The lowest BCUT2D eigenvalue weighted by Crippen LogP contribution is -2.04. The van der Waals surface area contributed by atoms with Gasteiger partial charge in [-0.3, -0.25) is 9.78 Å². The van der Waals surface area contributed by atoms with Gasteiger partial charge in [-0.25, -0.2) is 4.98 Å². The lowest BCUT2D eigenvalue weighted by molar-refractivity contribution is 0.103. The fourth-order valence-corrected chi connectivity index (χ4v) is 2.03. The zero-order chi connectivity index (χ0) is 13.2. The Morgan fingerprint density at radius 3 is 2.79 bits per heavy atom. The van der Waals surface area contributed by atoms with Crippen LogP contribution in [0.4, 0.5) is 0 Å². The molecule has 0 N–H and O–H groups in total. The third-order valence-electron chi connectivity index (χ3n) is 2.99. The van der Waals surface area contributed by atoms with Crippen LogP contribution in [-0.2, 0) is 0 Å². The number of fused-ring (bicyclic) bond motifs is 1. The van der Waals surface area contributed by atoms with Crippen LogP contribution in [0.3, 0.4) is 0 Å². The van der Waals surface area contributed by atoms with Gasteiger partial charge in [-0.05, 0) is 43.3 Å². The van der Waals surface area contributed by atoms with Crippen LogP contribution in [0.2, 0.25) is 0 Å². The highest BCUT2D eigenvalue weighted by Gasteiger charge is 2.11. The van der Waals surface area contributed by atoms with Gasteiger partial charge in [0.15, 0.2) is 0 Å². The van der Waals surface area contributed by atoms with Crippen molar-refractivity contribution in [2.45, 2.75) is 6.92 Å². The second-order valence-corrected chi connectivity index (χ2v) is 4.40. The molecule has 0 fully saturated rings. The van der Waals surface area contributed by atoms with Crippen LogP contribution >= 0.6 is 0 Å². The van der Waals surface area contributed by atoms with Crippen molar-refractivity contribution in [2.75, 3.05) is 0 Å². The van der Waals surface area contributed by atoms with Crippen molar-refractivity contribution < 1.29 is 4.79 Å². The molecule has 0 saturated carbocycles. The van der Waals surface area contributed by atoms with Crippen LogP contribution in [0.5, 0.6) is 0 Å². The summed E-state index contributed by atoms with van der Waals surface area (Å²) in [5.41, 5.74) is 2.84. The summed E-state index contributed by atoms with van der Waals surface area (Å²) in [5.74, 6) is -0.0607. The Kier molecular flexibility index (Phi) is 2.80. The first kappa shape index (κ1) is 11.5. The minimum absolute atomic E-state index is 0.0607. The number of carbonyl (C=O) groups excluding carboxylic acids is 1. The molecule has 0 aliphatic heterocycles. The Labute approximate surface area is 111 Å². The Balaban J connectivity index is 2.06. The maximum absolute atomic E-state index is 12.4. The number of ketones is 1. The molecule has 0 unspecified atom stereocenters. The van der Waals surface area contributed by atoms with E-state index in [1.54, 1.807) is 18.3 Å². The summed E-state index contributed by atoms with van der Waals surface area (Å²) in [5, 5.41) is 0.959. The van der Waals surface area contributed by atoms with Gasteiger partial charge in [0.05, 0.1) is 5.52 Å². The van der Waals surface area contributed by atoms with E-state index < -0.39 is 0 Å². The maximum Gasteiger partial charge on any atom is 0.211 e. The Bertz CT molecular complexity index is 765. The molecule has 3 aromatic rings. The van der Waals surface area contributed by atoms with Crippen LogP contribution in [0, 0.1) is 6.92 Å². The zero-order valence-electron chi connectivity index (χ0n) is 10.5. The van der Waals surface area contributed by atoms with Crippen molar-refractivity contribution in [3.05, 3.63) is 71.7 Å². The second kappa shape index (κ2) is 4.61. The highest BCUT2D eigenvalue weighted by atomic mass is 16.1. The molecule has 3 heteroatoms. The highest BCUT2D eigenvalue weighted by Crippen LogP contribution is 2.16. The normalized spacial score (nSPS) is 10.6. The third kappa shape index (κ3) is 2.22. The molecule has 3 nitrogen and oxygen atoms in total. The van der Waals surface area contributed by atoms with Gasteiger partial charge in [-0.1, -0.05) is 12.1 Å². The number of carbonyl (C=O) groups is 1. The quantitative estimate of drug-likeness (QED) is 0.654. The number of aromatic nitrogens is 2. The number of nitrogens with zero attached hydrogens (tertiary/aromatic N) is 2. The summed E-state index contributed by atoms with van der Waals surface area (Å²) < 4.78 is 0. The van der Waals surface area contributed by atoms with Crippen molar-refractivity contribution in [1.29, 1.82) is 0 Å². The lowest BCUT2D eigenvalue weighted by Gasteiger charge is -2.03. The first-order valence-electron chi connectivity index (χ1n) is 6.07. The van der Waals surface area contributed by atoms with E-state index in [9.17, 15) is 4.79 Å². The molecular formula is C16H12N2O. The van der Waals surface area contributed by atoms with Gasteiger partial charge in [0.1, 0.15) is 5.69 Å². The monoisotopic (exact) mass is 248 g/mol. The first-order valence-corrected chi connectivity index (χ1v) is 6.07. The summed E-state index contributed by atoms with van der Waals surface area (Å²) in [4.78, 5) is 20.9. The summed E-state index contributed by atoms with van der Waals surface area (Å²) in [6.07, 6.45) is 1.74. The van der Waals surface area contributed by atoms with Gasteiger partial charge in [0.2, 0.25) is 5.78 Å². The van der Waals surface area contributed by atoms with Crippen LogP contribution in [0.1, 0.15) is 21.7 Å². The molecule has 2 heterocycles. The van der Waals surface area contributed by atoms with E-state index in [4.69, 9.17) is 0 Å². The standard InChI is InChI=1S/C16H12N2O/c1-11-4-2-6-15(18-11)16(19)13-7-8-14-12(10-13)5-3-9-17-14/h2-10H,1H3. The number of rotatable bonds is 2. The lowest BCUT2D eigenvalue weighted by atomic mass is 10.0. The first-order chi connectivity index (χ1) is 9.24. The minimum atomic E-state index is -0.0607. The molecule has 0 amide bonds. The van der Waals surface area contributed by atoms with Crippen LogP contribution < -0.4 is 0 Å².